The maximum absolute atomic E-state index is 6.17. The Morgan fingerprint density at radius 3 is 2.67 bits per heavy atom. The minimum atomic E-state index is 0.170. The second kappa shape index (κ2) is 5.24. The quantitative estimate of drug-likeness (QED) is 0.912. The fraction of sp³-hybridized carbons (Fsp3) is 0.273. The molecular weight excluding hydrogens is 258 g/mol. The number of methoxy groups -OCH3 is 2. The Morgan fingerprint density at radius 2 is 2.11 bits per heavy atom. The molecule has 0 unspecified atom stereocenters. The first kappa shape index (κ1) is 12.7. The zero-order chi connectivity index (χ0) is 13.1. The molecule has 1 aromatic carbocycles. The van der Waals surface area contributed by atoms with Crippen molar-refractivity contribution in [2.24, 2.45) is 5.73 Å². The van der Waals surface area contributed by atoms with Crippen LogP contribution < -0.4 is 15.2 Å². The lowest BCUT2D eigenvalue weighted by Crippen LogP contribution is -1.96. The molecule has 0 spiro atoms. The third-order valence-electron chi connectivity index (χ3n) is 2.35. The van der Waals surface area contributed by atoms with Crippen molar-refractivity contribution in [2.75, 3.05) is 14.2 Å². The molecule has 1 heterocycles. The van der Waals surface area contributed by atoms with Crippen LogP contribution in [0.5, 0.6) is 11.5 Å². The molecule has 0 saturated heterocycles. The topological polar surface area (TPSA) is 83.4 Å². The Bertz CT molecular complexity index is 556. The minimum Gasteiger partial charge on any atom is -0.497 e. The summed E-state index contributed by atoms with van der Waals surface area (Å²) in [4.78, 5) is 4.12. The predicted molar refractivity (Wildman–Crippen MR) is 65.7 cm³/mol. The van der Waals surface area contributed by atoms with Crippen LogP contribution in [0.3, 0.4) is 0 Å². The Labute approximate surface area is 109 Å². The van der Waals surface area contributed by atoms with Gasteiger partial charge in [0.1, 0.15) is 11.5 Å². The van der Waals surface area contributed by atoms with Gasteiger partial charge in [-0.05, 0) is 6.07 Å². The summed E-state index contributed by atoms with van der Waals surface area (Å²) in [6, 6.07) is 3.34. The van der Waals surface area contributed by atoms with E-state index in [2.05, 4.69) is 10.1 Å². The van der Waals surface area contributed by atoms with Gasteiger partial charge in [-0.2, -0.15) is 4.98 Å². The van der Waals surface area contributed by atoms with E-state index in [1.165, 1.54) is 7.11 Å². The van der Waals surface area contributed by atoms with Crippen LogP contribution in [-0.4, -0.2) is 24.4 Å². The van der Waals surface area contributed by atoms with Crippen molar-refractivity contribution in [3.05, 3.63) is 23.0 Å². The maximum Gasteiger partial charge on any atom is 0.240 e. The van der Waals surface area contributed by atoms with Crippen molar-refractivity contribution in [3.63, 3.8) is 0 Å². The van der Waals surface area contributed by atoms with Crippen molar-refractivity contribution >= 4 is 11.6 Å². The summed E-state index contributed by atoms with van der Waals surface area (Å²) in [7, 11) is 3.07. The van der Waals surface area contributed by atoms with Gasteiger partial charge >= 0.3 is 0 Å². The number of halogens is 1. The number of nitrogens with two attached hydrogens (primary N) is 1. The SMILES string of the molecule is COc1cc(Cl)c(-c2noc(CN)n2)c(OC)c1. The van der Waals surface area contributed by atoms with Crippen molar-refractivity contribution in [3.8, 4) is 22.9 Å². The van der Waals surface area contributed by atoms with Gasteiger partial charge in [0.25, 0.3) is 0 Å². The van der Waals surface area contributed by atoms with Crippen LogP contribution in [0.2, 0.25) is 5.02 Å². The molecule has 2 rings (SSSR count). The number of hydrogen-bond donors (Lipinski definition) is 1. The van der Waals surface area contributed by atoms with Crippen LogP contribution in [0.25, 0.3) is 11.4 Å². The highest BCUT2D eigenvalue weighted by Crippen LogP contribution is 2.38. The highest BCUT2D eigenvalue weighted by atomic mass is 35.5. The maximum atomic E-state index is 6.17. The fourth-order valence-electron chi connectivity index (χ4n) is 1.49. The Balaban J connectivity index is 2.55. The van der Waals surface area contributed by atoms with E-state index in [4.69, 9.17) is 31.3 Å². The molecule has 0 saturated carbocycles. The van der Waals surface area contributed by atoms with Gasteiger partial charge in [0, 0.05) is 6.07 Å². The fourth-order valence-corrected chi connectivity index (χ4v) is 1.78. The van der Waals surface area contributed by atoms with Gasteiger partial charge in [-0.3, -0.25) is 0 Å². The number of benzene rings is 1. The van der Waals surface area contributed by atoms with Gasteiger partial charge in [0.05, 0.1) is 31.4 Å². The zero-order valence-electron chi connectivity index (χ0n) is 9.94. The second-order valence-corrected chi connectivity index (χ2v) is 3.81. The van der Waals surface area contributed by atoms with Crippen LogP contribution in [0.1, 0.15) is 5.89 Å². The summed E-state index contributed by atoms with van der Waals surface area (Å²) in [6.45, 7) is 0.170. The van der Waals surface area contributed by atoms with E-state index in [1.54, 1.807) is 19.2 Å². The third kappa shape index (κ3) is 2.25. The Hall–Kier alpha value is -1.79. The predicted octanol–water partition coefficient (Wildman–Crippen LogP) is 1.87. The van der Waals surface area contributed by atoms with Crippen molar-refractivity contribution in [2.45, 2.75) is 6.54 Å². The number of nitrogens with zero attached hydrogens (tertiary/aromatic N) is 2. The smallest absolute Gasteiger partial charge is 0.240 e. The van der Waals surface area contributed by atoms with Crippen LogP contribution in [0.4, 0.5) is 0 Å². The van der Waals surface area contributed by atoms with Crippen LogP contribution >= 0.6 is 11.6 Å². The van der Waals surface area contributed by atoms with Crippen LogP contribution in [-0.2, 0) is 6.54 Å². The molecule has 18 heavy (non-hydrogen) atoms. The van der Waals surface area contributed by atoms with Gasteiger partial charge in [-0.1, -0.05) is 16.8 Å². The first-order valence-electron chi connectivity index (χ1n) is 5.14. The standard InChI is InChI=1S/C11H12ClN3O3/c1-16-6-3-7(12)10(8(4-6)17-2)11-14-9(5-13)18-15-11/h3-4H,5,13H2,1-2H3. The summed E-state index contributed by atoms with van der Waals surface area (Å²) in [5.74, 6) is 1.76. The molecule has 0 radical (unpaired) electrons. The summed E-state index contributed by atoms with van der Waals surface area (Å²) in [6.07, 6.45) is 0. The van der Waals surface area contributed by atoms with E-state index in [0.29, 0.717) is 33.8 Å². The Kier molecular flexibility index (Phi) is 3.69. The number of ether oxygens (including phenoxy) is 2. The van der Waals surface area contributed by atoms with E-state index in [9.17, 15) is 0 Å². The molecule has 0 fully saturated rings. The molecule has 0 bridgehead atoms. The molecule has 0 amide bonds. The molecular formula is C11H12ClN3O3. The van der Waals surface area contributed by atoms with Gasteiger partial charge in [0.15, 0.2) is 0 Å². The first-order valence-corrected chi connectivity index (χ1v) is 5.52. The van der Waals surface area contributed by atoms with Gasteiger partial charge in [-0.15, -0.1) is 0 Å². The highest BCUT2D eigenvalue weighted by Gasteiger charge is 2.18. The molecule has 0 aliphatic rings. The zero-order valence-corrected chi connectivity index (χ0v) is 10.7. The summed E-state index contributed by atoms with van der Waals surface area (Å²) in [5, 5.41) is 4.22. The van der Waals surface area contributed by atoms with E-state index in [0.717, 1.165) is 0 Å². The van der Waals surface area contributed by atoms with Gasteiger partial charge < -0.3 is 19.7 Å². The van der Waals surface area contributed by atoms with Gasteiger partial charge in [0.2, 0.25) is 11.7 Å². The number of hydrogen-bond acceptors (Lipinski definition) is 6. The van der Waals surface area contributed by atoms with E-state index in [1.807, 2.05) is 0 Å². The summed E-state index contributed by atoms with van der Waals surface area (Å²) >= 11 is 6.17. The average molecular weight is 270 g/mol. The van der Waals surface area contributed by atoms with E-state index in [-0.39, 0.29) is 6.54 Å². The normalized spacial score (nSPS) is 10.4. The number of rotatable bonds is 4. The first-order chi connectivity index (χ1) is 8.69. The van der Waals surface area contributed by atoms with Crippen molar-refractivity contribution in [1.29, 1.82) is 0 Å². The molecule has 6 nitrogen and oxygen atoms in total. The molecule has 0 aliphatic carbocycles. The lowest BCUT2D eigenvalue weighted by Gasteiger charge is -2.09. The summed E-state index contributed by atoms with van der Waals surface area (Å²) in [5.41, 5.74) is 5.96. The molecule has 96 valence electrons. The summed E-state index contributed by atoms with van der Waals surface area (Å²) < 4.78 is 15.3. The molecule has 2 N–H and O–H groups in total. The van der Waals surface area contributed by atoms with Crippen molar-refractivity contribution < 1.29 is 14.0 Å². The average Bonchev–Trinajstić information content (AvgIpc) is 2.85. The molecule has 7 heteroatoms. The minimum absolute atomic E-state index is 0.170. The number of aromatic nitrogens is 2. The highest BCUT2D eigenvalue weighted by molar-refractivity contribution is 6.33. The van der Waals surface area contributed by atoms with Gasteiger partial charge in [-0.25, -0.2) is 0 Å². The molecule has 0 atom stereocenters. The molecule has 0 aliphatic heterocycles. The second-order valence-electron chi connectivity index (χ2n) is 3.40. The lowest BCUT2D eigenvalue weighted by molar-refractivity contribution is 0.379. The van der Waals surface area contributed by atoms with Crippen molar-refractivity contribution in [1.82, 2.24) is 10.1 Å². The van der Waals surface area contributed by atoms with Crippen LogP contribution in [0, 0.1) is 0 Å². The Morgan fingerprint density at radius 1 is 1.33 bits per heavy atom. The monoisotopic (exact) mass is 269 g/mol. The lowest BCUT2D eigenvalue weighted by atomic mass is 10.1. The van der Waals surface area contributed by atoms with E-state index >= 15 is 0 Å². The van der Waals surface area contributed by atoms with E-state index < -0.39 is 0 Å². The largest absolute Gasteiger partial charge is 0.497 e. The molecule has 1 aromatic heterocycles. The third-order valence-corrected chi connectivity index (χ3v) is 2.65. The van der Waals surface area contributed by atoms with Crippen LogP contribution in [0.15, 0.2) is 16.7 Å². The molecule has 2 aromatic rings.